The molecule has 3 nitrogen and oxygen atoms in total. The average Bonchev–Trinajstić information content (AvgIpc) is 2.95. The van der Waals surface area contributed by atoms with Gasteiger partial charge >= 0.3 is 0 Å². The molecule has 0 spiro atoms. The van der Waals surface area contributed by atoms with E-state index in [1.807, 2.05) is 6.20 Å². The summed E-state index contributed by atoms with van der Waals surface area (Å²) in [4.78, 5) is 0. The van der Waals surface area contributed by atoms with E-state index in [-0.39, 0.29) is 0 Å². The van der Waals surface area contributed by atoms with E-state index in [4.69, 9.17) is 0 Å². The largest absolute Gasteiger partial charge is 0.311 e. The van der Waals surface area contributed by atoms with E-state index in [1.165, 1.54) is 18.5 Å². The number of rotatable bonds is 6. The van der Waals surface area contributed by atoms with Crippen LogP contribution < -0.4 is 5.32 Å². The van der Waals surface area contributed by atoms with Crippen LogP contribution in [-0.2, 0) is 6.54 Å². The van der Waals surface area contributed by atoms with E-state index in [2.05, 4.69) is 41.9 Å². The maximum atomic E-state index is 4.39. The summed E-state index contributed by atoms with van der Waals surface area (Å²) in [6, 6.07) is 3.48. The van der Waals surface area contributed by atoms with Gasteiger partial charge in [-0.05, 0) is 32.3 Å². The zero-order valence-electron chi connectivity index (χ0n) is 10.6. The van der Waals surface area contributed by atoms with Crippen molar-refractivity contribution in [3.05, 3.63) is 18.0 Å². The maximum Gasteiger partial charge on any atom is 0.0492 e. The van der Waals surface area contributed by atoms with Crippen LogP contribution in [0.1, 0.15) is 51.6 Å². The lowest BCUT2D eigenvalue weighted by Gasteiger charge is -2.22. The van der Waals surface area contributed by atoms with Crippen LogP contribution in [0.2, 0.25) is 0 Å². The lowest BCUT2D eigenvalue weighted by atomic mass is 9.99. The number of nitrogens with one attached hydrogen (secondary N) is 1. The Kier molecular flexibility index (Phi) is 3.64. The second-order valence-electron chi connectivity index (χ2n) is 5.00. The van der Waals surface area contributed by atoms with Gasteiger partial charge in [0.2, 0.25) is 0 Å². The Morgan fingerprint density at radius 2 is 2.25 bits per heavy atom. The second kappa shape index (κ2) is 5.00. The van der Waals surface area contributed by atoms with Gasteiger partial charge in [-0.1, -0.05) is 13.8 Å². The zero-order valence-corrected chi connectivity index (χ0v) is 10.6. The monoisotopic (exact) mass is 221 g/mol. The zero-order chi connectivity index (χ0) is 11.5. The minimum Gasteiger partial charge on any atom is -0.311 e. The standard InChI is InChI=1S/C13H23N3/c1-4-9-16-13(7-8-14-16)10(2)11(3)15-12-5-6-12/h7-8,10-12,15H,4-6,9H2,1-3H3. The van der Waals surface area contributed by atoms with Gasteiger partial charge in [-0.15, -0.1) is 0 Å². The number of hydrogen-bond acceptors (Lipinski definition) is 2. The molecule has 90 valence electrons. The van der Waals surface area contributed by atoms with E-state index in [0.717, 1.165) is 19.0 Å². The van der Waals surface area contributed by atoms with Gasteiger partial charge in [-0.25, -0.2) is 0 Å². The molecule has 0 saturated heterocycles. The second-order valence-corrected chi connectivity index (χ2v) is 5.00. The molecule has 2 unspecified atom stereocenters. The fraction of sp³-hybridized carbons (Fsp3) is 0.769. The molecule has 1 aliphatic carbocycles. The first-order valence-electron chi connectivity index (χ1n) is 6.50. The molecular formula is C13H23N3. The van der Waals surface area contributed by atoms with Crippen molar-refractivity contribution in [2.75, 3.05) is 0 Å². The fourth-order valence-electron chi connectivity index (χ4n) is 2.15. The predicted molar refractivity (Wildman–Crippen MR) is 66.6 cm³/mol. The van der Waals surface area contributed by atoms with Crippen LogP contribution in [0, 0.1) is 0 Å². The van der Waals surface area contributed by atoms with Crippen LogP contribution in [-0.4, -0.2) is 21.9 Å². The van der Waals surface area contributed by atoms with Crippen molar-refractivity contribution in [1.82, 2.24) is 15.1 Å². The van der Waals surface area contributed by atoms with Crippen LogP contribution >= 0.6 is 0 Å². The summed E-state index contributed by atoms with van der Waals surface area (Å²) < 4.78 is 2.15. The molecule has 1 fully saturated rings. The van der Waals surface area contributed by atoms with E-state index >= 15 is 0 Å². The summed E-state index contributed by atoms with van der Waals surface area (Å²) in [6.45, 7) is 7.81. The van der Waals surface area contributed by atoms with E-state index in [1.54, 1.807) is 0 Å². The number of aromatic nitrogens is 2. The fourth-order valence-corrected chi connectivity index (χ4v) is 2.15. The van der Waals surface area contributed by atoms with Gasteiger partial charge in [0.15, 0.2) is 0 Å². The molecule has 1 saturated carbocycles. The molecule has 2 atom stereocenters. The highest BCUT2D eigenvalue weighted by atomic mass is 15.3. The van der Waals surface area contributed by atoms with E-state index in [9.17, 15) is 0 Å². The Bertz CT molecular complexity index is 328. The Morgan fingerprint density at radius 1 is 1.50 bits per heavy atom. The summed E-state index contributed by atoms with van der Waals surface area (Å²) in [5.41, 5.74) is 1.36. The van der Waals surface area contributed by atoms with Crippen molar-refractivity contribution in [2.45, 2.75) is 64.6 Å². The van der Waals surface area contributed by atoms with Gasteiger partial charge in [-0.3, -0.25) is 4.68 Å². The lowest BCUT2D eigenvalue weighted by molar-refractivity contribution is 0.445. The lowest BCUT2D eigenvalue weighted by Crippen LogP contribution is -2.33. The Labute approximate surface area is 98.2 Å². The van der Waals surface area contributed by atoms with Gasteiger partial charge in [-0.2, -0.15) is 5.10 Å². The minimum absolute atomic E-state index is 0.537. The SMILES string of the molecule is CCCn1nccc1C(C)C(C)NC1CC1. The molecule has 1 aromatic rings. The molecule has 3 heteroatoms. The molecule has 0 aromatic carbocycles. The van der Waals surface area contributed by atoms with Crippen LogP contribution in [0.3, 0.4) is 0 Å². The third-order valence-electron chi connectivity index (χ3n) is 3.48. The van der Waals surface area contributed by atoms with Crippen LogP contribution in [0.4, 0.5) is 0 Å². The van der Waals surface area contributed by atoms with Gasteiger partial charge < -0.3 is 5.32 Å². The molecule has 2 rings (SSSR count). The van der Waals surface area contributed by atoms with Crippen LogP contribution in [0.15, 0.2) is 12.3 Å². The van der Waals surface area contributed by atoms with Gasteiger partial charge in [0.25, 0.3) is 0 Å². The van der Waals surface area contributed by atoms with Crippen molar-refractivity contribution in [1.29, 1.82) is 0 Å². The number of hydrogen-bond donors (Lipinski definition) is 1. The molecule has 0 aliphatic heterocycles. The quantitative estimate of drug-likeness (QED) is 0.800. The Hall–Kier alpha value is -0.830. The van der Waals surface area contributed by atoms with Crippen molar-refractivity contribution in [2.24, 2.45) is 0 Å². The van der Waals surface area contributed by atoms with Crippen molar-refractivity contribution in [3.63, 3.8) is 0 Å². The summed E-state index contributed by atoms with van der Waals surface area (Å²) in [5, 5.41) is 8.06. The van der Waals surface area contributed by atoms with Crippen molar-refractivity contribution >= 4 is 0 Å². The van der Waals surface area contributed by atoms with Crippen LogP contribution in [0.5, 0.6) is 0 Å². The van der Waals surface area contributed by atoms with Crippen molar-refractivity contribution in [3.8, 4) is 0 Å². The highest BCUT2D eigenvalue weighted by molar-refractivity contribution is 5.10. The Balaban J connectivity index is 1.99. The van der Waals surface area contributed by atoms with Crippen LogP contribution in [0.25, 0.3) is 0 Å². The third-order valence-corrected chi connectivity index (χ3v) is 3.48. The highest BCUT2D eigenvalue weighted by Crippen LogP contribution is 2.24. The summed E-state index contributed by atoms with van der Waals surface area (Å²) in [5.74, 6) is 0.537. The smallest absolute Gasteiger partial charge is 0.0492 e. The summed E-state index contributed by atoms with van der Waals surface area (Å²) in [6.07, 6.45) is 5.77. The molecular weight excluding hydrogens is 198 g/mol. The summed E-state index contributed by atoms with van der Waals surface area (Å²) in [7, 11) is 0. The van der Waals surface area contributed by atoms with Gasteiger partial charge in [0.1, 0.15) is 0 Å². The van der Waals surface area contributed by atoms with Gasteiger partial charge in [0, 0.05) is 36.4 Å². The predicted octanol–water partition coefficient (Wildman–Crippen LogP) is 2.54. The molecule has 1 N–H and O–H groups in total. The van der Waals surface area contributed by atoms with Crippen molar-refractivity contribution < 1.29 is 0 Å². The summed E-state index contributed by atoms with van der Waals surface area (Å²) >= 11 is 0. The van der Waals surface area contributed by atoms with E-state index < -0.39 is 0 Å². The third kappa shape index (κ3) is 2.64. The first kappa shape index (κ1) is 11.6. The number of nitrogens with zero attached hydrogens (tertiary/aromatic N) is 2. The molecule has 1 aliphatic rings. The first-order valence-corrected chi connectivity index (χ1v) is 6.50. The minimum atomic E-state index is 0.537. The maximum absolute atomic E-state index is 4.39. The van der Waals surface area contributed by atoms with E-state index in [0.29, 0.717) is 12.0 Å². The molecule has 1 aromatic heterocycles. The number of aryl methyl sites for hydroxylation is 1. The average molecular weight is 221 g/mol. The molecule has 0 bridgehead atoms. The molecule has 1 heterocycles. The Morgan fingerprint density at radius 3 is 2.88 bits per heavy atom. The molecule has 0 radical (unpaired) electrons. The highest BCUT2D eigenvalue weighted by Gasteiger charge is 2.26. The van der Waals surface area contributed by atoms with Gasteiger partial charge in [0.05, 0.1) is 0 Å². The first-order chi connectivity index (χ1) is 7.72. The molecule has 0 amide bonds. The molecule has 16 heavy (non-hydrogen) atoms. The normalized spacial score (nSPS) is 19.7. The topological polar surface area (TPSA) is 29.9 Å².